The smallest absolute Gasteiger partial charge is 0.131 e. The zero-order chi connectivity index (χ0) is 6.15. The molecule has 0 aliphatic rings. The molecule has 0 saturated carbocycles. The Morgan fingerprint density at radius 2 is 2.12 bits per heavy atom. The molecule has 0 aliphatic heterocycles. The van der Waals surface area contributed by atoms with Gasteiger partial charge in [-0.1, -0.05) is 0 Å². The predicted octanol–water partition coefficient (Wildman–Crippen LogP) is 2.85. The molecule has 0 fully saturated rings. The van der Waals surface area contributed by atoms with E-state index in [0.29, 0.717) is 0 Å². The average Bonchev–Trinajstić information content (AvgIpc) is 1.85. The van der Waals surface area contributed by atoms with Gasteiger partial charge in [-0.25, -0.2) is 4.98 Å². The third-order valence-electron chi connectivity index (χ3n) is 0.592. The summed E-state index contributed by atoms with van der Waals surface area (Å²) in [5.74, 6) is 0. The lowest BCUT2D eigenvalue weighted by Gasteiger charge is -1.72. The molecular weight excluding hydrogens is 254 g/mol. The van der Waals surface area contributed by atoms with Crippen LogP contribution in [-0.2, 0) is 0 Å². The Hall–Kier alpha value is 0.590. The van der Waals surface area contributed by atoms with Crippen LogP contribution in [-0.4, -0.2) is 4.98 Å². The molecule has 1 radical (unpaired) electrons. The summed E-state index contributed by atoms with van der Waals surface area (Å²) < 4.78 is 1.84. The van der Waals surface area contributed by atoms with Gasteiger partial charge in [-0.05, 0) is 31.9 Å². The van der Waals surface area contributed by atoms with Crippen molar-refractivity contribution < 1.29 is 0 Å². The fraction of sp³-hybridized carbons (Fsp3) is 0. The number of rotatable bonds is 0. The Bertz CT molecular complexity index is 176. The van der Waals surface area contributed by atoms with Crippen LogP contribution in [0.15, 0.2) is 8.39 Å². The number of halogens is 2. The third-order valence-corrected chi connectivity index (χ3v) is 3.52. The van der Waals surface area contributed by atoms with Crippen molar-refractivity contribution >= 4 is 43.2 Å². The molecule has 1 nitrogen and oxygen atoms in total. The SMILES string of the molecule is [CH2]c1nc(Br)c(Br)s1. The maximum atomic E-state index is 3.99. The van der Waals surface area contributed by atoms with Crippen molar-refractivity contribution in [3.63, 3.8) is 0 Å². The van der Waals surface area contributed by atoms with Gasteiger partial charge >= 0.3 is 0 Å². The Labute approximate surface area is 68.4 Å². The van der Waals surface area contributed by atoms with Gasteiger partial charge in [-0.15, -0.1) is 11.3 Å². The minimum absolute atomic E-state index is 0.823. The Morgan fingerprint density at radius 1 is 1.50 bits per heavy atom. The number of hydrogen-bond acceptors (Lipinski definition) is 2. The molecule has 4 heteroatoms. The Morgan fingerprint density at radius 3 is 2.25 bits per heavy atom. The summed E-state index contributed by atoms with van der Waals surface area (Å²) >= 11 is 8.03. The first kappa shape index (κ1) is 6.71. The minimum Gasteiger partial charge on any atom is -0.233 e. The molecule has 0 saturated heterocycles. The van der Waals surface area contributed by atoms with E-state index in [1.807, 2.05) is 0 Å². The zero-order valence-corrected chi connectivity index (χ0v) is 7.81. The quantitative estimate of drug-likeness (QED) is 0.695. The van der Waals surface area contributed by atoms with E-state index < -0.39 is 0 Å². The standard InChI is InChI=1S/C4H2Br2NS/c1-2-7-3(5)4(6)8-2/h1H2. The van der Waals surface area contributed by atoms with Crippen LogP contribution in [0.4, 0.5) is 0 Å². The molecular formula is C4H2Br2NS. The lowest BCUT2D eigenvalue weighted by atomic mass is 10.8. The normalized spacial score (nSPS) is 9.88. The van der Waals surface area contributed by atoms with E-state index in [9.17, 15) is 0 Å². The maximum absolute atomic E-state index is 3.99. The third kappa shape index (κ3) is 1.30. The molecule has 0 aromatic carbocycles. The van der Waals surface area contributed by atoms with E-state index >= 15 is 0 Å². The maximum Gasteiger partial charge on any atom is 0.131 e. The number of hydrogen-bond donors (Lipinski definition) is 0. The lowest BCUT2D eigenvalue weighted by molar-refractivity contribution is 1.31. The van der Waals surface area contributed by atoms with Crippen molar-refractivity contribution in [2.75, 3.05) is 0 Å². The molecule has 0 bridgehead atoms. The first-order valence-electron chi connectivity index (χ1n) is 1.84. The molecule has 0 atom stereocenters. The molecule has 8 heavy (non-hydrogen) atoms. The van der Waals surface area contributed by atoms with E-state index in [1.54, 1.807) is 0 Å². The molecule has 0 unspecified atom stereocenters. The second kappa shape index (κ2) is 2.45. The highest BCUT2D eigenvalue weighted by Crippen LogP contribution is 2.27. The van der Waals surface area contributed by atoms with Crippen molar-refractivity contribution in [1.82, 2.24) is 4.98 Å². The van der Waals surface area contributed by atoms with Crippen molar-refractivity contribution in [3.05, 3.63) is 20.3 Å². The Kier molecular flexibility index (Phi) is 2.06. The minimum atomic E-state index is 0.823. The van der Waals surface area contributed by atoms with Crippen LogP contribution in [0, 0.1) is 6.92 Å². The van der Waals surface area contributed by atoms with Gasteiger partial charge in [0.05, 0.1) is 5.01 Å². The van der Waals surface area contributed by atoms with Gasteiger partial charge in [0.25, 0.3) is 0 Å². The fourth-order valence-corrected chi connectivity index (χ4v) is 2.02. The van der Waals surface area contributed by atoms with Crippen molar-refractivity contribution in [1.29, 1.82) is 0 Å². The van der Waals surface area contributed by atoms with Crippen molar-refractivity contribution in [2.24, 2.45) is 0 Å². The van der Waals surface area contributed by atoms with Crippen LogP contribution in [0.5, 0.6) is 0 Å². The van der Waals surface area contributed by atoms with Gasteiger partial charge < -0.3 is 0 Å². The van der Waals surface area contributed by atoms with E-state index in [-0.39, 0.29) is 0 Å². The van der Waals surface area contributed by atoms with Gasteiger partial charge in [0.2, 0.25) is 0 Å². The molecule has 0 aliphatic carbocycles. The van der Waals surface area contributed by atoms with Crippen LogP contribution in [0.1, 0.15) is 5.01 Å². The lowest BCUT2D eigenvalue weighted by Crippen LogP contribution is -1.62. The number of aromatic nitrogens is 1. The molecule has 43 valence electrons. The fourth-order valence-electron chi connectivity index (χ4n) is 0.322. The number of thiazole rings is 1. The summed E-state index contributed by atoms with van der Waals surface area (Å²) in [4.78, 5) is 3.99. The van der Waals surface area contributed by atoms with E-state index in [1.165, 1.54) is 11.3 Å². The predicted molar refractivity (Wildman–Crippen MR) is 42.0 cm³/mol. The van der Waals surface area contributed by atoms with Gasteiger partial charge in [-0.2, -0.15) is 0 Å². The topological polar surface area (TPSA) is 12.9 Å². The van der Waals surface area contributed by atoms with E-state index in [2.05, 4.69) is 43.8 Å². The molecule has 1 rings (SSSR count). The Balaban J connectivity index is 3.14. The van der Waals surface area contributed by atoms with Gasteiger partial charge in [0.15, 0.2) is 0 Å². The molecule has 0 N–H and O–H groups in total. The molecule has 1 aromatic heterocycles. The van der Waals surface area contributed by atoms with Crippen LogP contribution < -0.4 is 0 Å². The largest absolute Gasteiger partial charge is 0.233 e. The highest BCUT2D eigenvalue weighted by molar-refractivity contribution is 9.13. The monoisotopic (exact) mass is 254 g/mol. The second-order valence-electron chi connectivity index (χ2n) is 1.17. The van der Waals surface area contributed by atoms with Crippen molar-refractivity contribution in [2.45, 2.75) is 0 Å². The van der Waals surface area contributed by atoms with Gasteiger partial charge in [-0.3, -0.25) is 0 Å². The van der Waals surface area contributed by atoms with Crippen LogP contribution in [0.3, 0.4) is 0 Å². The van der Waals surface area contributed by atoms with Gasteiger partial charge in [0, 0.05) is 6.92 Å². The molecule has 1 heterocycles. The summed E-state index contributed by atoms with van der Waals surface area (Å²) in [5, 5.41) is 0.823. The van der Waals surface area contributed by atoms with Crippen LogP contribution >= 0.6 is 43.2 Å². The second-order valence-corrected chi connectivity index (χ2v) is 4.32. The summed E-state index contributed by atoms with van der Waals surface area (Å²) in [6, 6.07) is 0. The van der Waals surface area contributed by atoms with Gasteiger partial charge in [0.1, 0.15) is 8.39 Å². The molecule has 0 amide bonds. The van der Waals surface area contributed by atoms with Crippen LogP contribution in [0.25, 0.3) is 0 Å². The summed E-state index contributed by atoms with van der Waals surface area (Å²) in [7, 11) is 0. The highest BCUT2D eigenvalue weighted by Gasteiger charge is 1.99. The first-order valence-corrected chi connectivity index (χ1v) is 4.24. The highest BCUT2D eigenvalue weighted by atomic mass is 79.9. The number of nitrogens with zero attached hydrogens (tertiary/aromatic N) is 1. The summed E-state index contributed by atoms with van der Waals surface area (Å²) in [5.41, 5.74) is 0. The van der Waals surface area contributed by atoms with Crippen LogP contribution in [0.2, 0.25) is 0 Å². The molecule has 1 aromatic rings. The van der Waals surface area contributed by atoms with E-state index in [0.717, 1.165) is 13.4 Å². The van der Waals surface area contributed by atoms with Crippen molar-refractivity contribution in [3.8, 4) is 0 Å². The van der Waals surface area contributed by atoms with E-state index in [4.69, 9.17) is 0 Å². The molecule has 0 spiro atoms. The summed E-state index contributed by atoms with van der Waals surface area (Å²) in [6.07, 6.45) is 0. The first-order chi connectivity index (χ1) is 3.70. The zero-order valence-electron chi connectivity index (χ0n) is 3.82. The average molecular weight is 256 g/mol. The summed E-state index contributed by atoms with van der Waals surface area (Å²) in [6.45, 7) is 3.65.